The largest absolute Gasteiger partial charge is 0.363 e. The minimum Gasteiger partial charge on any atom is -0.363 e. The molecule has 2 nitrogen and oxygen atoms in total. The van der Waals surface area contributed by atoms with Crippen LogP contribution in [0.5, 0.6) is 0 Å². The second kappa shape index (κ2) is 4.30. The van der Waals surface area contributed by atoms with Crippen LogP contribution < -0.4 is 10.6 Å². The van der Waals surface area contributed by atoms with E-state index in [0.717, 1.165) is 25.1 Å². The smallest absolute Gasteiger partial charge is 0.146 e. The molecule has 2 atom stereocenters. The van der Waals surface area contributed by atoms with Gasteiger partial charge in [0.25, 0.3) is 0 Å². The van der Waals surface area contributed by atoms with Crippen LogP contribution in [0.4, 0.5) is 10.1 Å². The molecule has 0 aromatic heterocycles. The van der Waals surface area contributed by atoms with Crippen molar-refractivity contribution in [2.45, 2.75) is 37.8 Å². The predicted octanol–water partition coefficient (Wildman–Crippen LogP) is 2.53. The zero-order valence-corrected chi connectivity index (χ0v) is 9.98. The first-order chi connectivity index (χ1) is 8.29. The molecule has 0 radical (unpaired) electrons. The Labute approximate surface area is 102 Å². The molecule has 2 saturated heterocycles. The van der Waals surface area contributed by atoms with Crippen LogP contribution in [0.2, 0.25) is 0 Å². The Hall–Kier alpha value is -1.09. The normalized spacial score (nSPS) is 31.9. The Bertz CT molecular complexity index is 393. The molecule has 2 aliphatic heterocycles. The molecule has 2 heterocycles. The average Bonchev–Trinajstić information content (AvgIpc) is 2.60. The summed E-state index contributed by atoms with van der Waals surface area (Å²) >= 11 is 0. The lowest BCUT2D eigenvalue weighted by Gasteiger charge is -2.40. The van der Waals surface area contributed by atoms with E-state index in [1.165, 1.54) is 12.8 Å². The zero-order valence-electron chi connectivity index (χ0n) is 9.98. The molecule has 92 valence electrons. The second-order valence-electron chi connectivity index (χ2n) is 5.32. The Morgan fingerprint density at radius 1 is 1.18 bits per heavy atom. The number of piperidine rings is 1. The summed E-state index contributed by atoms with van der Waals surface area (Å²) in [4.78, 5) is 2.31. The van der Waals surface area contributed by atoms with Gasteiger partial charge in [0.05, 0.1) is 5.69 Å². The van der Waals surface area contributed by atoms with Gasteiger partial charge in [-0.2, -0.15) is 0 Å². The number of hydrogen-bond acceptors (Lipinski definition) is 2. The predicted molar refractivity (Wildman–Crippen MR) is 67.5 cm³/mol. The molecule has 0 aliphatic carbocycles. The summed E-state index contributed by atoms with van der Waals surface area (Å²) in [6.45, 7) is 0.776. The highest BCUT2D eigenvalue weighted by molar-refractivity contribution is 5.51. The highest BCUT2D eigenvalue weighted by Crippen LogP contribution is 2.41. The molecular formula is C14H19FN2. The zero-order chi connectivity index (χ0) is 11.8. The van der Waals surface area contributed by atoms with E-state index in [0.29, 0.717) is 18.0 Å². The van der Waals surface area contributed by atoms with Crippen LogP contribution in [-0.2, 0) is 0 Å². The van der Waals surface area contributed by atoms with Gasteiger partial charge in [0, 0.05) is 12.1 Å². The van der Waals surface area contributed by atoms with Gasteiger partial charge in [-0.25, -0.2) is 4.39 Å². The fraction of sp³-hybridized carbons (Fsp3) is 0.571. The monoisotopic (exact) mass is 234 g/mol. The van der Waals surface area contributed by atoms with Crippen LogP contribution in [0.15, 0.2) is 24.3 Å². The number of anilines is 1. The molecule has 1 aromatic carbocycles. The van der Waals surface area contributed by atoms with Crippen LogP contribution in [0.25, 0.3) is 0 Å². The number of hydrogen-bond donors (Lipinski definition) is 1. The highest BCUT2D eigenvalue weighted by Gasteiger charge is 2.40. The maximum absolute atomic E-state index is 13.9. The van der Waals surface area contributed by atoms with Crippen LogP contribution in [0.1, 0.15) is 25.7 Å². The number of rotatable bonds is 2. The van der Waals surface area contributed by atoms with E-state index in [-0.39, 0.29) is 5.82 Å². The van der Waals surface area contributed by atoms with E-state index in [1.54, 1.807) is 12.1 Å². The lowest BCUT2D eigenvalue weighted by Crippen LogP contribution is -2.45. The first-order valence-electron chi connectivity index (χ1n) is 6.52. The van der Waals surface area contributed by atoms with Gasteiger partial charge in [0.15, 0.2) is 0 Å². The van der Waals surface area contributed by atoms with Gasteiger partial charge >= 0.3 is 0 Å². The quantitative estimate of drug-likeness (QED) is 0.852. The molecule has 0 spiro atoms. The first kappa shape index (κ1) is 11.0. The van der Waals surface area contributed by atoms with Gasteiger partial charge < -0.3 is 10.6 Å². The van der Waals surface area contributed by atoms with Crippen LogP contribution in [-0.4, -0.2) is 18.6 Å². The van der Waals surface area contributed by atoms with Crippen molar-refractivity contribution in [3.8, 4) is 0 Å². The fourth-order valence-corrected chi connectivity index (χ4v) is 3.54. The number of nitrogens with zero attached hydrogens (tertiary/aromatic N) is 1. The molecule has 2 bridgehead atoms. The average molecular weight is 234 g/mol. The maximum atomic E-state index is 13.9. The first-order valence-corrected chi connectivity index (χ1v) is 6.52. The molecule has 3 heteroatoms. The molecule has 2 aliphatic rings. The second-order valence-corrected chi connectivity index (χ2v) is 5.32. The van der Waals surface area contributed by atoms with Gasteiger partial charge in [-0.3, -0.25) is 0 Å². The molecule has 1 aromatic rings. The third kappa shape index (κ3) is 1.82. The van der Waals surface area contributed by atoms with Gasteiger partial charge in [-0.05, 0) is 50.3 Å². The molecule has 2 N–H and O–H groups in total. The summed E-state index contributed by atoms with van der Waals surface area (Å²) in [5.74, 6) is 0.547. The summed E-state index contributed by atoms with van der Waals surface area (Å²) in [7, 11) is 0. The van der Waals surface area contributed by atoms with Crippen molar-refractivity contribution >= 4 is 5.69 Å². The summed E-state index contributed by atoms with van der Waals surface area (Å²) in [6.07, 6.45) is 4.63. The molecule has 2 fully saturated rings. The Morgan fingerprint density at radius 2 is 1.82 bits per heavy atom. The van der Waals surface area contributed by atoms with Crippen LogP contribution in [0.3, 0.4) is 0 Å². The van der Waals surface area contributed by atoms with E-state index in [1.807, 2.05) is 12.1 Å². The molecule has 17 heavy (non-hydrogen) atoms. The van der Waals surface area contributed by atoms with Gasteiger partial charge in [0.2, 0.25) is 0 Å². The Kier molecular flexibility index (Phi) is 2.79. The van der Waals surface area contributed by atoms with Crippen molar-refractivity contribution in [3.05, 3.63) is 30.1 Å². The van der Waals surface area contributed by atoms with Crippen molar-refractivity contribution in [3.63, 3.8) is 0 Å². The SMILES string of the molecule is NCC1CC2CCC(C1)N2c1ccccc1F. The van der Waals surface area contributed by atoms with E-state index < -0.39 is 0 Å². The number of fused-ring (bicyclic) bond motifs is 2. The van der Waals surface area contributed by atoms with Gasteiger partial charge in [0.1, 0.15) is 5.82 Å². The van der Waals surface area contributed by atoms with Crippen molar-refractivity contribution in [2.75, 3.05) is 11.4 Å². The van der Waals surface area contributed by atoms with E-state index >= 15 is 0 Å². The van der Waals surface area contributed by atoms with E-state index in [4.69, 9.17) is 5.73 Å². The van der Waals surface area contributed by atoms with Crippen LogP contribution >= 0.6 is 0 Å². The van der Waals surface area contributed by atoms with Crippen molar-refractivity contribution in [1.29, 1.82) is 0 Å². The standard InChI is InChI=1S/C14H19FN2/c15-13-3-1-2-4-14(13)17-11-5-6-12(17)8-10(7-11)9-16/h1-4,10-12H,5-9,16H2. The van der Waals surface area contributed by atoms with Crippen LogP contribution in [0, 0.1) is 11.7 Å². The lowest BCUT2D eigenvalue weighted by molar-refractivity contribution is 0.344. The Morgan fingerprint density at radius 3 is 2.41 bits per heavy atom. The molecular weight excluding hydrogens is 215 g/mol. The topological polar surface area (TPSA) is 29.3 Å². The maximum Gasteiger partial charge on any atom is 0.146 e. The summed E-state index contributed by atoms with van der Waals surface area (Å²) < 4.78 is 13.9. The van der Waals surface area contributed by atoms with E-state index in [9.17, 15) is 4.39 Å². The fourth-order valence-electron chi connectivity index (χ4n) is 3.54. The lowest BCUT2D eigenvalue weighted by atomic mass is 9.90. The number of para-hydroxylation sites is 1. The third-order valence-electron chi connectivity index (χ3n) is 4.29. The molecule has 0 saturated carbocycles. The number of nitrogens with two attached hydrogens (primary N) is 1. The highest BCUT2D eigenvalue weighted by atomic mass is 19.1. The minimum absolute atomic E-state index is 0.0874. The third-order valence-corrected chi connectivity index (χ3v) is 4.29. The summed E-state index contributed by atoms with van der Waals surface area (Å²) in [5, 5.41) is 0. The van der Waals surface area contributed by atoms with Gasteiger partial charge in [-0.15, -0.1) is 0 Å². The van der Waals surface area contributed by atoms with Gasteiger partial charge in [-0.1, -0.05) is 12.1 Å². The van der Waals surface area contributed by atoms with Crippen molar-refractivity contribution in [1.82, 2.24) is 0 Å². The molecule has 3 rings (SSSR count). The number of halogens is 1. The number of benzene rings is 1. The van der Waals surface area contributed by atoms with Crippen molar-refractivity contribution in [2.24, 2.45) is 11.7 Å². The summed E-state index contributed by atoms with van der Waals surface area (Å²) in [5.41, 5.74) is 6.56. The summed E-state index contributed by atoms with van der Waals surface area (Å²) in [6, 6.07) is 8.14. The molecule has 2 unspecified atom stereocenters. The minimum atomic E-state index is -0.0874. The van der Waals surface area contributed by atoms with Crippen molar-refractivity contribution < 1.29 is 4.39 Å². The van der Waals surface area contributed by atoms with E-state index in [2.05, 4.69) is 4.90 Å². The Balaban J connectivity index is 1.89. The molecule has 0 amide bonds.